The molecule has 3 rings (SSSR count). The average Bonchev–Trinajstić information content (AvgIpc) is 2.66. The van der Waals surface area contributed by atoms with E-state index in [2.05, 4.69) is 0 Å². The van der Waals surface area contributed by atoms with Crippen molar-refractivity contribution in [2.75, 3.05) is 0 Å². The standard InChI is InChI=1S/C24H24ClF2NO3/c1-14-22(23(30)31-24(2,3)4)18(16-6-5-7-17(25)11-16)12-21(29)28(14)13-15-8-9-19(26)20(27)10-15/h5-11,18H,12-13H2,1-4H3/t18-/m0/s1. The minimum absolute atomic E-state index is 0.0103. The highest BCUT2D eigenvalue weighted by molar-refractivity contribution is 6.30. The lowest BCUT2D eigenvalue weighted by Gasteiger charge is -2.35. The average molecular weight is 448 g/mol. The fourth-order valence-corrected chi connectivity index (χ4v) is 3.83. The number of nitrogens with zero attached hydrogens (tertiary/aromatic N) is 1. The van der Waals surface area contributed by atoms with E-state index >= 15 is 0 Å². The Hall–Kier alpha value is -2.73. The maximum absolute atomic E-state index is 13.7. The smallest absolute Gasteiger partial charge is 0.336 e. The number of rotatable bonds is 4. The second kappa shape index (κ2) is 8.79. The van der Waals surface area contributed by atoms with Gasteiger partial charge in [-0.05, 0) is 63.1 Å². The summed E-state index contributed by atoms with van der Waals surface area (Å²) < 4.78 is 32.6. The van der Waals surface area contributed by atoms with Crippen LogP contribution in [0.2, 0.25) is 5.02 Å². The Bertz CT molecular complexity index is 1060. The number of halogens is 3. The van der Waals surface area contributed by atoms with Crippen LogP contribution in [0.1, 0.15) is 51.2 Å². The van der Waals surface area contributed by atoms with Crippen molar-refractivity contribution in [3.05, 3.63) is 81.5 Å². The molecule has 0 N–H and O–H groups in total. The molecular formula is C24H24ClF2NO3. The summed E-state index contributed by atoms with van der Waals surface area (Å²) in [6, 6.07) is 10.5. The van der Waals surface area contributed by atoms with Crippen molar-refractivity contribution >= 4 is 23.5 Å². The molecule has 1 aliphatic heterocycles. The summed E-state index contributed by atoms with van der Waals surface area (Å²) >= 11 is 6.14. The first-order valence-electron chi connectivity index (χ1n) is 9.90. The molecule has 164 valence electrons. The van der Waals surface area contributed by atoms with E-state index in [9.17, 15) is 18.4 Å². The second-order valence-corrected chi connectivity index (χ2v) is 8.98. The van der Waals surface area contributed by atoms with E-state index in [1.54, 1.807) is 45.9 Å². The number of benzene rings is 2. The molecule has 1 heterocycles. The van der Waals surface area contributed by atoms with Crippen LogP contribution in [-0.4, -0.2) is 22.4 Å². The fourth-order valence-electron chi connectivity index (χ4n) is 3.63. The van der Waals surface area contributed by atoms with E-state index in [0.29, 0.717) is 21.9 Å². The lowest BCUT2D eigenvalue weighted by Crippen LogP contribution is -2.39. The van der Waals surface area contributed by atoms with Gasteiger partial charge in [-0.3, -0.25) is 4.79 Å². The van der Waals surface area contributed by atoms with Gasteiger partial charge in [0.1, 0.15) is 5.60 Å². The Morgan fingerprint density at radius 1 is 1.16 bits per heavy atom. The van der Waals surface area contributed by atoms with Gasteiger partial charge in [0.05, 0.1) is 12.1 Å². The van der Waals surface area contributed by atoms with Crippen molar-refractivity contribution in [3.63, 3.8) is 0 Å². The summed E-state index contributed by atoms with van der Waals surface area (Å²) in [6.07, 6.45) is 0.0237. The van der Waals surface area contributed by atoms with Crippen LogP contribution in [0, 0.1) is 11.6 Å². The predicted octanol–water partition coefficient (Wildman–Crippen LogP) is 5.75. The zero-order valence-corrected chi connectivity index (χ0v) is 18.6. The number of esters is 1. The molecule has 0 saturated heterocycles. The van der Waals surface area contributed by atoms with Gasteiger partial charge in [0, 0.05) is 23.1 Å². The molecule has 0 bridgehead atoms. The van der Waals surface area contributed by atoms with E-state index in [4.69, 9.17) is 16.3 Å². The van der Waals surface area contributed by atoms with Gasteiger partial charge in [-0.25, -0.2) is 13.6 Å². The van der Waals surface area contributed by atoms with Crippen LogP contribution in [0.15, 0.2) is 53.7 Å². The van der Waals surface area contributed by atoms with Gasteiger partial charge >= 0.3 is 5.97 Å². The van der Waals surface area contributed by atoms with E-state index in [1.165, 1.54) is 11.0 Å². The Kier molecular flexibility index (Phi) is 6.51. The number of carbonyl (C=O) groups is 2. The lowest BCUT2D eigenvalue weighted by atomic mass is 9.83. The number of carbonyl (C=O) groups excluding carboxylic acids is 2. The van der Waals surface area contributed by atoms with Crippen molar-refractivity contribution < 1.29 is 23.1 Å². The predicted molar refractivity (Wildman–Crippen MR) is 114 cm³/mol. The molecule has 2 aromatic carbocycles. The monoisotopic (exact) mass is 447 g/mol. The highest BCUT2D eigenvalue weighted by Gasteiger charge is 2.38. The molecule has 4 nitrogen and oxygen atoms in total. The first kappa shape index (κ1) is 22.9. The first-order chi connectivity index (χ1) is 14.5. The van der Waals surface area contributed by atoms with Crippen LogP contribution in [0.3, 0.4) is 0 Å². The summed E-state index contributed by atoms with van der Waals surface area (Å²) in [6.45, 7) is 6.97. The molecule has 0 aromatic heterocycles. The normalized spacial score (nSPS) is 17.2. The maximum atomic E-state index is 13.7. The SMILES string of the molecule is CC1=C(C(=O)OC(C)(C)C)[C@H](c2cccc(Cl)c2)CC(=O)N1Cc1ccc(F)c(F)c1. The summed E-state index contributed by atoms with van der Waals surface area (Å²) in [5.41, 5.74) is 1.18. The van der Waals surface area contributed by atoms with Gasteiger partial charge in [0.2, 0.25) is 5.91 Å². The van der Waals surface area contributed by atoms with Crippen molar-refractivity contribution in [1.82, 2.24) is 4.90 Å². The highest BCUT2D eigenvalue weighted by atomic mass is 35.5. The number of ether oxygens (including phenoxy) is 1. The number of amides is 1. The number of allylic oxidation sites excluding steroid dienone is 1. The molecule has 0 radical (unpaired) electrons. The Labute approximate surface area is 185 Å². The molecular weight excluding hydrogens is 424 g/mol. The number of hydrogen-bond acceptors (Lipinski definition) is 3. The summed E-state index contributed by atoms with van der Waals surface area (Å²) in [5.74, 6) is -3.25. The largest absolute Gasteiger partial charge is 0.457 e. The molecule has 1 amide bonds. The zero-order valence-electron chi connectivity index (χ0n) is 17.8. The third-order valence-electron chi connectivity index (χ3n) is 5.02. The van der Waals surface area contributed by atoms with E-state index < -0.39 is 29.1 Å². The van der Waals surface area contributed by atoms with Gasteiger partial charge in [-0.15, -0.1) is 0 Å². The Balaban J connectivity index is 2.06. The van der Waals surface area contributed by atoms with Gasteiger partial charge in [0.15, 0.2) is 11.6 Å². The lowest BCUT2D eigenvalue weighted by molar-refractivity contribution is -0.150. The first-order valence-corrected chi connectivity index (χ1v) is 10.3. The molecule has 0 spiro atoms. The second-order valence-electron chi connectivity index (χ2n) is 8.54. The molecule has 7 heteroatoms. The van der Waals surface area contributed by atoms with Crippen molar-refractivity contribution in [2.45, 2.75) is 52.2 Å². The van der Waals surface area contributed by atoms with Crippen LogP contribution in [-0.2, 0) is 20.9 Å². The summed E-state index contributed by atoms with van der Waals surface area (Å²) in [5, 5.41) is 0.496. The van der Waals surface area contributed by atoms with Crippen LogP contribution >= 0.6 is 11.6 Å². The number of hydrogen-bond donors (Lipinski definition) is 0. The third kappa shape index (κ3) is 5.31. The van der Waals surface area contributed by atoms with Crippen molar-refractivity contribution in [2.24, 2.45) is 0 Å². The topological polar surface area (TPSA) is 46.6 Å². The van der Waals surface area contributed by atoms with E-state index in [0.717, 1.165) is 17.7 Å². The molecule has 1 aliphatic rings. The van der Waals surface area contributed by atoms with Gasteiger partial charge in [0.25, 0.3) is 0 Å². The highest BCUT2D eigenvalue weighted by Crippen LogP contribution is 2.39. The zero-order chi connectivity index (χ0) is 22.9. The molecule has 0 fully saturated rings. The van der Waals surface area contributed by atoms with Crippen LogP contribution in [0.25, 0.3) is 0 Å². The minimum atomic E-state index is -0.993. The molecule has 1 atom stereocenters. The van der Waals surface area contributed by atoms with E-state index in [-0.39, 0.29) is 18.9 Å². The van der Waals surface area contributed by atoms with Crippen molar-refractivity contribution in [1.29, 1.82) is 0 Å². The molecule has 0 unspecified atom stereocenters. The minimum Gasteiger partial charge on any atom is -0.457 e. The van der Waals surface area contributed by atoms with Gasteiger partial charge < -0.3 is 9.64 Å². The van der Waals surface area contributed by atoms with Crippen LogP contribution in [0.5, 0.6) is 0 Å². The summed E-state index contributed by atoms with van der Waals surface area (Å²) in [7, 11) is 0. The van der Waals surface area contributed by atoms with Crippen molar-refractivity contribution in [3.8, 4) is 0 Å². The Morgan fingerprint density at radius 2 is 1.87 bits per heavy atom. The fraction of sp³-hybridized carbons (Fsp3) is 0.333. The maximum Gasteiger partial charge on any atom is 0.336 e. The van der Waals surface area contributed by atoms with E-state index in [1.807, 2.05) is 6.07 Å². The molecule has 0 aliphatic carbocycles. The molecule has 0 saturated carbocycles. The summed E-state index contributed by atoms with van der Waals surface area (Å²) in [4.78, 5) is 27.6. The molecule has 2 aromatic rings. The Morgan fingerprint density at radius 3 is 2.48 bits per heavy atom. The van der Waals surface area contributed by atoms with Crippen LogP contribution < -0.4 is 0 Å². The van der Waals surface area contributed by atoms with Gasteiger partial charge in [-0.2, -0.15) is 0 Å². The quantitative estimate of drug-likeness (QED) is 0.560. The molecule has 31 heavy (non-hydrogen) atoms. The third-order valence-corrected chi connectivity index (χ3v) is 5.25. The van der Waals surface area contributed by atoms with Gasteiger partial charge in [-0.1, -0.05) is 29.8 Å². The van der Waals surface area contributed by atoms with Crippen LogP contribution in [0.4, 0.5) is 8.78 Å².